The van der Waals surface area contributed by atoms with Crippen LogP contribution in [0.5, 0.6) is 0 Å². The molecule has 0 aliphatic carbocycles. The minimum atomic E-state index is 0.186. The van der Waals surface area contributed by atoms with Gasteiger partial charge < -0.3 is 0 Å². The summed E-state index contributed by atoms with van der Waals surface area (Å²) < 4.78 is 0.993. The van der Waals surface area contributed by atoms with E-state index in [9.17, 15) is 4.79 Å². The van der Waals surface area contributed by atoms with Crippen molar-refractivity contribution in [2.45, 2.75) is 19.3 Å². The molecular formula is C10H9BrOS. The highest BCUT2D eigenvalue weighted by Crippen LogP contribution is 2.23. The molecule has 13 heavy (non-hydrogen) atoms. The number of hydrogen-bond donors (Lipinski definition) is 0. The molecule has 0 aromatic carbocycles. The SMILES string of the molecule is C#CCCCC(=O)c1ccc(Br)s1. The average Bonchev–Trinajstić information content (AvgIpc) is 2.52. The Hall–Kier alpha value is -0.590. The third kappa shape index (κ3) is 3.33. The van der Waals surface area contributed by atoms with E-state index >= 15 is 0 Å². The number of hydrogen-bond acceptors (Lipinski definition) is 2. The van der Waals surface area contributed by atoms with E-state index in [0.717, 1.165) is 15.1 Å². The maximum absolute atomic E-state index is 11.5. The van der Waals surface area contributed by atoms with E-state index in [1.54, 1.807) is 0 Å². The van der Waals surface area contributed by atoms with Gasteiger partial charge in [0.2, 0.25) is 0 Å². The van der Waals surface area contributed by atoms with Crippen molar-refractivity contribution in [2.75, 3.05) is 0 Å². The summed E-state index contributed by atoms with van der Waals surface area (Å²) in [4.78, 5) is 12.3. The van der Waals surface area contributed by atoms with Crippen molar-refractivity contribution in [2.24, 2.45) is 0 Å². The van der Waals surface area contributed by atoms with E-state index < -0.39 is 0 Å². The molecule has 0 fully saturated rings. The molecule has 1 heterocycles. The zero-order valence-corrected chi connectivity index (χ0v) is 9.45. The average molecular weight is 257 g/mol. The van der Waals surface area contributed by atoms with E-state index in [0.29, 0.717) is 12.8 Å². The Morgan fingerprint density at radius 3 is 2.92 bits per heavy atom. The number of ketones is 1. The quantitative estimate of drug-likeness (QED) is 0.458. The Kier molecular flexibility index (Phi) is 4.20. The van der Waals surface area contributed by atoms with Gasteiger partial charge in [0, 0.05) is 12.8 Å². The predicted octanol–water partition coefficient (Wildman–Crippen LogP) is 3.50. The summed E-state index contributed by atoms with van der Waals surface area (Å²) in [6.07, 6.45) is 7.11. The Bertz CT molecular complexity index is 335. The van der Waals surface area contributed by atoms with Gasteiger partial charge >= 0.3 is 0 Å². The van der Waals surface area contributed by atoms with Gasteiger partial charge in [-0.05, 0) is 34.5 Å². The highest BCUT2D eigenvalue weighted by Gasteiger charge is 2.07. The molecule has 3 heteroatoms. The van der Waals surface area contributed by atoms with Crippen LogP contribution in [-0.2, 0) is 0 Å². The van der Waals surface area contributed by atoms with Crippen LogP contribution in [0.3, 0.4) is 0 Å². The van der Waals surface area contributed by atoms with Crippen molar-refractivity contribution >= 4 is 33.0 Å². The molecule has 0 N–H and O–H groups in total. The standard InChI is InChI=1S/C10H9BrOS/c1-2-3-4-5-8(12)9-6-7-10(11)13-9/h1,6-7H,3-5H2. The Morgan fingerprint density at radius 1 is 1.62 bits per heavy atom. The molecule has 0 amide bonds. The molecule has 1 aromatic heterocycles. The van der Waals surface area contributed by atoms with Crippen LogP contribution in [0, 0.1) is 12.3 Å². The molecular weight excluding hydrogens is 248 g/mol. The molecule has 68 valence electrons. The fourth-order valence-corrected chi connectivity index (χ4v) is 2.29. The van der Waals surface area contributed by atoms with Gasteiger partial charge in [-0.15, -0.1) is 23.7 Å². The minimum absolute atomic E-state index is 0.186. The maximum atomic E-state index is 11.5. The van der Waals surface area contributed by atoms with Crippen molar-refractivity contribution in [3.8, 4) is 12.3 Å². The smallest absolute Gasteiger partial charge is 0.172 e. The fraction of sp³-hybridized carbons (Fsp3) is 0.300. The first kappa shape index (κ1) is 10.5. The van der Waals surface area contributed by atoms with Gasteiger partial charge in [-0.3, -0.25) is 4.79 Å². The zero-order chi connectivity index (χ0) is 9.68. The number of thiophene rings is 1. The Labute approximate surface area is 90.3 Å². The van der Waals surface area contributed by atoms with Crippen LogP contribution in [0.4, 0.5) is 0 Å². The maximum Gasteiger partial charge on any atom is 0.172 e. The lowest BCUT2D eigenvalue weighted by atomic mass is 10.1. The summed E-state index contributed by atoms with van der Waals surface area (Å²) in [6, 6.07) is 3.73. The lowest BCUT2D eigenvalue weighted by Crippen LogP contribution is -1.94. The van der Waals surface area contributed by atoms with Crippen molar-refractivity contribution in [1.29, 1.82) is 0 Å². The summed E-state index contributed by atoms with van der Waals surface area (Å²) in [6.45, 7) is 0. The molecule has 0 aliphatic heterocycles. The second kappa shape index (κ2) is 5.21. The van der Waals surface area contributed by atoms with Crippen LogP contribution in [0.25, 0.3) is 0 Å². The molecule has 0 saturated heterocycles. The molecule has 0 saturated carbocycles. The Balaban J connectivity index is 2.45. The normalized spacial score (nSPS) is 9.54. The van der Waals surface area contributed by atoms with Crippen molar-refractivity contribution in [1.82, 2.24) is 0 Å². The van der Waals surface area contributed by atoms with Gasteiger partial charge in [0.25, 0.3) is 0 Å². The number of terminal acetylenes is 1. The molecule has 0 radical (unpaired) electrons. The van der Waals surface area contributed by atoms with Crippen LogP contribution in [0.15, 0.2) is 15.9 Å². The van der Waals surface area contributed by atoms with Gasteiger partial charge in [-0.1, -0.05) is 0 Å². The number of unbranched alkanes of at least 4 members (excludes halogenated alkanes) is 1. The van der Waals surface area contributed by atoms with Crippen LogP contribution in [0.2, 0.25) is 0 Å². The van der Waals surface area contributed by atoms with Crippen LogP contribution < -0.4 is 0 Å². The van der Waals surface area contributed by atoms with Gasteiger partial charge in [0.1, 0.15) is 0 Å². The lowest BCUT2D eigenvalue weighted by molar-refractivity contribution is 0.0984. The lowest BCUT2D eigenvalue weighted by Gasteiger charge is -1.93. The molecule has 0 unspecified atom stereocenters. The first-order valence-corrected chi connectivity index (χ1v) is 5.57. The van der Waals surface area contributed by atoms with Gasteiger partial charge in [-0.25, -0.2) is 0 Å². The molecule has 0 bridgehead atoms. The molecule has 1 aromatic rings. The topological polar surface area (TPSA) is 17.1 Å². The summed E-state index contributed by atoms with van der Waals surface area (Å²) in [7, 11) is 0. The zero-order valence-electron chi connectivity index (χ0n) is 7.05. The summed E-state index contributed by atoms with van der Waals surface area (Å²) >= 11 is 4.79. The van der Waals surface area contributed by atoms with Crippen molar-refractivity contribution < 1.29 is 4.79 Å². The molecule has 0 atom stereocenters. The molecule has 1 rings (SSSR count). The van der Waals surface area contributed by atoms with Crippen molar-refractivity contribution in [3.63, 3.8) is 0 Å². The largest absolute Gasteiger partial charge is 0.293 e. The summed E-state index contributed by atoms with van der Waals surface area (Å²) in [5.41, 5.74) is 0. The molecule has 0 spiro atoms. The van der Waals surface area contributed by atoms with E-state index in [-0.39, 0.29) is 5.78 Å². The second-order valence-electron chi connectivity index (χ2n) is 2.58. The van der Waals surface area contributed by atoms with Crippen molar-refractivity contribution in [3.05, 3.63) is 20.8 Å². The number of halogens is 1. The predicted molar refractivity (Wildman–Crippen MR) is 59.0 cm³/mol. The Morgan fingerprint density at radius 2 is 2.38 bits per heavy atom. The summed E-state index contributed by atoms with van der Waals surface area (Å²) in [5, 5.41) is 0. The fourth-order valence-electron chi connectivity index (χ4n) is 0.938. The first-order chi connectivity index (χ1) is 6.24. The first-order valence-electron chi connectivity index (χ1n) is 3.96. The number of rotatable bonds is 4. The highest BCUT2D eigenvalue weighted by atomic mass is 79.9. The van der Waals surface area contributed by atoms with E-state index in [1.165, 1.54) is 11.3 Å². The number of carbonyl (C=O) groups is 1. The van der Waals surface area contributed by atoms with E-state index in [4.69, 9.17) is 6.42 Å². The number of Topliss-reactive ketones (excluding diaryl/α,β-unsaturated/α-hetero) is 1. The van der Waals surface area contributed by atoms with Crippen LogP contribution in [0.1, 0.15) is 28.9 Å². The minimum Gasteiger partial charge on any atom is -0.293 e. The van der Waals surface area contributed by atoms with E-state index in [1.807, 2.05) is 12.1 Å². The highest BCUT2D eigenvalue weighted by molar-refractivity contribution is 9.11. The molecule has 0 aliphatic rings. The third-order valence-corrected chi connectivity index (χ3v) is 3.24. The van der Waals surface area contributed by atoms with Crippen LogP contribution >= 0.6 is 27.3 Å². The number of carbonyl (C=O) groups excluding carboxylic acids is 1. The second-order valence-corrected chi connectivity index (χ2v) is 5.05. The summed E-state index contributed by atoms with van der Waals surface area (Å²) in [5.74, 6) is 2.71. The monoisotopic (exact) mass is 256 g/mol. The van der Waals surface area contributed by atoms with E-state index in [2.05, 4.69) is 21.9 Å². The van der Waals surface area contributed by atoms with Crippen LogP contribution in [-0.4, -0.2) is 5.78 Å². The van der Waals surface area contributed by atoms with Gasteiger partial charge in [-0.2, -0.15) is 0 Å². The third-order valence-electron chi connectivity index (χ3n) is 1.57. The molecule has 1 nitrogen and oxygen atoms in total. The van der Waals surface area contributed by atoms with Gasteiger partial charge in [0.05, 0.1) is 8.66 Å². The van der Waals surface area contributed by atoms with Gasteiger partial charge in [0.15, 0.2) is 5.78 Å².